The molecule has 0 spiro atoms. The van der Waals surface area contributed by atoms with Crippen LogP contribution in [0.5, 0.6) is 0 Å². The molecule has 0 saturated heterocycles. The second-order valence-corrected chi connectivity index (χ2v) is 6.95. The maximum Gasteiger partial charge on any atom is 0.257 e. The van der Waals surface area contributed by atoms with Crippen LogP contribution in [0, 0.1) is 6.92 Å². The molecule has 0 N–H and O–H groups in total. The largest absolute Gasteiger partial charge is 0.342 e. The minimum absolute atomic E-state index is 0.0676. The summed E-state index contributed by atoms with van der Waals surface area (Å²) in [5.74, 6) is -0.135. The second kappa shape index (κ2) is 7.50. The molecule has 1 aliphatic rings. The SMILES string of the molecule is CCN(C)C(=O)c1cnn2c1CN(C(=O)c1cccc(Cl)c1C)CCC2. The van der Waals surface area contributed by atoms with Gasteiger partial charge in [-0.05, 0) is 38.0 Å². The van der Waals surface area contributed by atoms with Crippen LogP contribution in [0.4, 0.5) is 0 Å². The predicted octanol–water partition coefficient (Wildman–Crippen LogP) is 2.98. The highest BCUT2D eigenvalue weighted by Crippen LogP contribution is 2.23. The zero-order valence-electron chi connectivity index (χ0n) is 15.3. The number of carbonyl (C=O) groups is 2. The fraction of sp³-hybridized carbons (Fsp3) is 0.421. The molecule has 0 saturated carbocycles. The van der Waals surface area contributed by atoms with Gasteiger partial charge in [0.05, 0.1) is 24.0 Å². The molecular formula is C19H23ClN4O2. The van der Waals surface area contributed by atoms with Crippen molar-refractivity contribution in [2.45, 2.75) is 33.4 Å². The Kier molecular flexibility index (Phi) is 5.32. The van der Waals surface area contributed by atoms with Gasteiger partial charge < -0.3 is 9.80 Å². The molecule has 26 heavy (non-hydrogen) atoms. The number of fused-ring (bicyclic) bond motifs is 1. The summed E-state index contributed by atoms with van der Waals surface area (Å²) in [6.45, 7) is 6.07. The Balaban J connectivity index is 1.92. The van der Waals surface area contributed by atoms with Crippen molar-refractivity contribution in [3.05, 3.63) is 51.8 Å². The van der Waals surface area contributed by atoms with E-state index in [-0.39, 0.29) is 11.8 Å². The predicted molar refractivity (Wildman–Crippen MR) is 100 cm³/mol. The van der Waals surface area contributed by atoms with Crippen molar-refractivity contribution in [1.29, 1.82) is 0 Å². The first-order valence-corrected chi connectivity index (χ1v) is 9.16. The number of carbonyl (C=O) groups excluding carboxylic acids is 2. The standard InChI is InChI=1S/C19H23ClN4O2/c1-4-22(3)18(25)15-11-21-24-10-6-9-23(12-17(15)24)19(26)14-7-5-8-16(20)13(14)2/h5,7-8,11H,4,6,9-10,12H2,1-3H3. The van der Waals surface area contributed by atoms with E-state index >= 15 is 0 Å². The molecule has 3 rings (SSSR count). The summed E-state index contributed by atoms with van der Waals surface area (Å²) in [5, 5.41) is 4.94. The van der Waals surface area contributed by atoms with E-state index in [1.807, 2.05) is 18.5 Å². The molecule has 1 aromatic carbocycles. The molecule has 6 nitrogen and oxygen atoms in total. The van der Waals surface area contributed by atoms with E-state index in [4.69, 9.17) is 11.6 Å². The topological polar surface area (TPSA) is 58.4 Å². The van der Waals surface area contributed by atoms with Crippen LogP contribution in [-0.4, -0.2) is 51.5 Å². The maximum absolute atomic E-state index is 13.1. The molecule has 0 aliphatic carbocycles. The number of hydrogen-bond acceptors (Lipinski definition) is 3. The first-order chi connectivity index (χ1) is 12.4. The lowest BCUT2D eigenvalue weighted by atomic mass is 10.1. The number of benzene rings is 1. The average Bonchev–Trinajstić information content (AvgIpc) is 2.91. The van der Waals surface area contributed by atoms with Crippen LogP contribution in [0.15, 0.2) is 24.4 Å². The Hall–Kier alpha value is -2.34. The van der Waals surface area contributed by atoms with Gasteiger partial charge in [0.25, 0.3) is 11.8 Å². The van der Waals surface area contributed by atoms with Gasteiger partial charge >= 0.3 is 0 Å². The third-order valence-electron chi connectivity index (χ3n) is 4.92. The summed E-state index contributed by atoms with van der Waals surface area (Å²) in [4.78, 5) is 29.1. The van der Waals surface area contributed by atoms with Gasteiger partial charge in [0.2, 0.25) is 0 Å². The summed E-state index contributed by atoms with van der Waals surface area (Å²) in [5.41, 5.74) is 2.74. The maximum atomic E-state index is 13.1. The highest BCUT2D eigenvalue weighted by Gasteiger charge is 2.27. The number of hydrogen-bond donors (Lipinski definition) is 0. The Morgan fingerprint density at radius 2 is 2.04 bits per heavy atom. The van der Waals surface area contributed by atoms with Gasteiger partial charge in [0, 0.05) is 37.3 Å². The molecule has 0 atom stereocenters. The first-order valence-electron chi connectivity index (χ1n) is 8.78. The summed E-state index contributed by atoms with van der Waals surface area (Å²) < 4.78 is 1.84. The molecule has 1 aliphatic heterocycles. The van der Waals surface area contributed by atoms with E-state index in [2.05, 4.69) is 5.10 Å². The van der Waals surface area contributed by atoms with Crippen LogP contribution in [0.3, 0.4) is 0 Å². The summed E-state index contributed by atoms with van der Waals surface area (Å²) >= 11 is 6.18. The molecule has 0 radical (unpaired) electrons. The van der Waals surface area contributed by atoms with E-state index in [0.717, 1.165) is 17.7 Å². The van der Waals surface area contributed by atoms with Crippen molar-refractivity contribution < 1.29 is 9.59 Å². The van der Waals surface area contributed by atoms with Gasteiger partial charge in [0.15, 0.2) is 0 Å². The van der Waals surface area contributed by atoms with Crippen LogP contribution in [0.2, 0.25) is 5.02 Å². The zero-order valence-corrected chi connectivity index (χ0v) is 16.1. The number of rotatable bonds is 3. The van der Waals surface area contributed by atoms with Gasteiger partial charge in [0.1, 0.15) is 0 Å². The minimum atomic E-state index is -0.0677. The van der Waals surface area contributed by atoms with Crippen molar-refractivity contribution in [3.8, 4) is 0 Å². The Bertz CT molecular complexity index is 846. The molecule has 2 aromatic rings. The van der Waals surface area contributed by atoms with E-state index in [0.29, 0.717) is 42.3 Å². The number of amides is 2. The van der Waals surface area contributed by atoms with Crippen LogP contribution in [0.25, 0.3) is 0 Å². The number of nitrogens with zero attached hydrogens (tertiary/aromatic N) is 4. The smallest absolute Gasteiger partial charge is 0.257 e. The van der Waals surface area contributed by atoms with Crippen molar-refractivity contribution in [1.82, 2.24) is 19.6 Å². The number of aromatic nitrogens is 2. The Labute approximate surface area is 158 Å². The quantitative estimate of drug-likeness (QED) is 0.829. The van der Waals surface area contributed by atoms with Crippen LogP contribution in [-0.2, 0) is 13.1 Å². The molecule has 0 bridgehead atoms. The number of halogens is 1. The molecule has 0 unspecified atom stereocenters. The summed E-state index contributed by atoms with van der Waals surface area (Å²) in [6, 6.07) is 5.36. The zero-order chi connectivity index (χ0) is 18.8. The fourth-order valence-electron chi connectivity index (χ4n) is 3.15. The third-order valence-corrected chi connectivity index (χ3v) is 5.33. The Morgan fingerprint density at radius 1 is 1.27 bits per heavy atom. The van der Waals surface area contributed by atoms with Gasteiger partial charge in [-0.15, -0.1) is 0 Å². The number of aryl methyl sites for hydroxylation is 1. The van der Waals surface area contributed by atoms with Gasteiger partial charge in [-0.25, -0.2) is 0 Å². The van der Waals surface area contributed by atoms with Crippen LogP contribution in [0.1, 0.15) is 45.3 Å². The van der Waals surface area contributed by atoms with Gasteiger partial charge in [-0.1, -0.05) is 17.7 Å². The average molecular weight is 375 g/mol. The van der Waals surface area contributed by atoms with Crippen molar-refractivity contribution in [2.24, 2.45) is 0 Å². The monoisotopic (exact) mass is 374 g/mol. The molecule has 1 aromatic heterocycles. The highest BCUT2D eigenvalue weighted by atomic mass is 35.5. The van der Waals surface area contributed by atoms with E-state index in [1.54, 1.807) is 41.2 Å². The lowest BCUT2D eigenvalue weighted by Gasteiger charge is -2.22. The molecule has 0 fully saturated rings. The van der Waals surface area contributed by atoms with Crippen molar-refractivity contribution in [3.63, 3.8) is 0 Å². The lowest BCUT2D eigenvalue weighted by molar-refractivity contribution is 0.0736. The Morgan fingerprint density at radius 3 is 2.77 bits per heavy atom. The lowest BCUT2D eigenvalue weighted by Crippen LogP contribution is -2.33. The third kappa shape index (κ3) is 3.33. The fourth-order valence-corrected chi connectivity index (χ4v) is 3.33. The van der Waals surface area contributed by atoms with Gasteiger partial charge in [-0.3, -0.25) is 14.3 Å². The minimum Gasteiger partial charge on any atom is -0.342 e. The molecule has 2 heterocycles. The molecule has 2 amide bonds. The van der Waals surface area contributed by atoms with Crippen molar-refractivity contribution in [2.75, 3.05) is 20.1 Å². The van der Waals surface area contributed by atoms with Crippen LogP contribution < -0.4 is 0 Å². The molecular weight excluding hydrogens is 352 g/mol. The summed E-state index contributed by atoms with van der Waals surface area (Å²) in [6.07, 6.45) is 2.40. The second-order valence-electron chi connectivity index (χ2n) is 6.54. The van der Waals surface area contributed by atoms with E-state index in [1.165, 1.54) is 0 Å². The van der Waals surface area contributed by atoms with Crippen LogP contribution >= 0.6 is 11.6 Å². The normalized spacial score (nSPS) is 13.9. The van der Waals surface area contributed by atoms with E-state index < -0.39 is 0 Å². The first kappa shape index (κ1) is 18.5. The van der Waals surface area contributed by atoms with Gasteiger partial charge in [-0.2, -0.15) is 5.10 Å². The van der Waals surface area contributed by atoms with E-state index in [9.17, 15) is 9.59 Å². The molecule has 7 heteroatoms. The highest BCUT2D eigenvalue weighted by molar-refractivity contribution is 6.31. The summed E-state index contributed by atoms with van der Waals surface area (Å²) in [7, 11) is 1.77. The van der Waals surface area contributed by atoms with Crippen molar-refractivity contribution >= 4 is 23.4 Å². The molecule has 138 valence electrons.